The molecule has 1 unspecified atom stereocenters. The molecule has 0 saturated heterocycles. The number of hydrogen-bond donors (Lipinski definition) is 1. The zero-order valence-corrected chi connectivity index (χ0v) is 21.1. The van der Waals surface area contributed by atoms with Crippen molar-refractivity contribution in [2.75, 3.05) is 7.05 Å². The van der Waals surface area contributed by atoms with Crippen LogP contribution in [0, 0.1) is 0 Å². The summed E-state index contributed by atoms with van der Waals surface area (Å²) in [5.74, 6) is 0.0778. The Morgan fingerprint density at radius 3 is 1.97 bits per heavy atom. The first-order chi connectivity index (χ1) is 15.3. The Morgan fingerprint density at radius 2 is 1.52 bits per heavy atom. The predicted octanol–water partition coefficient (Wildman–Crippen LogP) is 6.29. The van der Waals surface area contributed by atoms with Gasteiger partial charge in [0.2, 0.25) is 0 Å². The van der Waals surface area contributed by atoms with Crippen LogP contribution in [-0.4, -0.2) is 32.9 Å². The molecule has 174 valence electrons. The van der Waals surface area contributed by atoms with Crippen molar-refractivity contribution in [3.05, 3.63) is 88.0 Å². The van der Waals surface area contributed by atoms with E-state index >= 15 is 0 Å². The van der Waals surface area contributed by atoms with Gasteiger partial charge in [-0.25, -0.2) is 0 Å². The normalized spacial score (nSPS) is 13.0. The number of nitrogens with zero attached hydrogens (tertiary/aromatic N) is 3. The smallest absolute Gasteiger partial charge is 0.254 e. The Balaban J connectivity index is 2.15. The minimum atomic E-state index is -0.451. The molecule has 3 rings (SSSR count). The molecule has 0 saturated carbocycles. The monoisotopic (exact) mass is 465 g/mol. The summed E-state index contributed by atoms with van der Waals surface area (Å²) in [6.07, 6.45) is 4.89. The second-order valence-electron chi connectivity index (χ2n) is 10.4. The van der Waals surface area contributed by atoms with Crippen LogP contribution in [0.1, 0.15) is 80.3 Å². The van der Waals surface area contributed by atoms with Crippen molar-refractivity contribution in [2.45, 2.75) is 58.4 Å². The van der Waals surface area contributed by atoms with E-state index in [0.29, 0.717) is 16.3 Å². The van der Waals surface area contributed by atoms with E-state index in [-0.39, 0.29) is 22.5 Å². The highest BCUT2D eigenvalue weighted by Crippen LogP contribution is 2.40. The third kappa shape index (κ3) is 5.36. The fraction of sp³-hybridized carbons (Fsp3) is 0.370. The van der Waals surface area contributed by atoms with Crippen LogP contribution in [0.4, 0.5) is 0 Å². The summed E-state index contributed by atoms with van der Waals surface area (Å²) in [6.45, 7) is 12.2. The molecule has 0 aliphatic carbocycles. The number of aromatic nitrogens is 2. The van der Waals surface area contributed by atoms with Crippen LogP contribution >= 0.6 is 11.6 Å². The summed E-state index contributed by atoms with van der Waals surface area (Å²) in [5, 5.41) is 11.7. The molecule has 0 bridgehead atoms. The molecule has 0 spiro atoms. The number of phenols is 1. The lowest BCUT2D eigenvalue weighted by Gasteiger charge is -2.31. The van der Waals surface area contributed by atoms with Crippen LogP contribution in [0.3, 0.4) is 0 Å². The molecule has 6 heteroatoms. The van der Waals surface area contributed by atoms with E-state index in [1.54, 1.807) is 54.8 Å². The molecule has 3 aromatic rings. The van der Waals surface area contributed by atoms with Gasteiger partial charge in [0, 0.05) is 41.2 Å². The Morgan fingerprint density at radius 1 is 0.970 bits per heavy atom. The maximum absolute atomic E-state index is 13.8. The molecule has 5 nitrogen and oxygen atoms in total. The molecule has 1 N–H and O–H groups in total. The number of aromatic hydroxyl groups is 1. The van der Waals surface area contributed by atoms with Gasteiger partial charge in [-0.3, -0.25) is 14.8 Å². The lowest BCUT2D eigenvalue weighted by atomic mass is 9.78. The fourth-order valence-corrected chi connectivity index (χ4v) is 4.04. The third-order valence-electron chi connectivity index (χ3n) is 5.73. The zero-order valence-electron chi connectivity index (χ0n) is 20.3. The van der Waals surface area contributed by atoms with Crippen molar-refractivity contribution in [2.24, 2.45) is 0 Å². The molecule has 2 aromatic carbocycles. The molecule has 0 fully saturated rings. The first-order valence-corrected chi connectivity index (χ1v) is 11.3. The van der Waals surface area contributed by atoms with E-state index in [2.05, 4.69) is 9.97 Å². The molecule has 33 heavy (non-hydrogen) atoms. The summed E-state index contributed by atoms with van der Waals surface area (Å²) >= 11 is 6.10. The van der Waals surface area contributed by atoms with Gasteiger partial charge < -0.3 is 10.0 Å². The largest absolute Gasteiger partial charge is 0.507 e. The van der Waals surface area contributed by atoms with Crippen LogP contribution < -0.4 is 0 Å². The molecule has 1 atom stereocenters. The van der Waals surface area contributed by atoms with Crippen LogP contribution in [-0.2, 0) is 10.8 Å². The van der Waals surface area contributed by atoms with Crippen molar-refractivity contribution in [1.82, 2.24) is 14.9 Å². The number of carbonyl (C=O) groups excluding carboxylic acids is 1. The molecule has 1 aromatic heterocycles. The Hall–Kier alpha value is -2.92. The molecule has 1 heterocycles. The van der Waals surface area contributed by atoms with Gasteiger partial charge in [0.05, 0.1) is 11.9 Å². The Bertz CT molecular complexity index is 1100. The van der Waals surface area contributed by atoms with Gasteiger partial charge in [0.25, 0.3) is 5.91 Å². The van der Waals surface area contributed by atoms with Gasteiger partial charge in [-0.05, 0) is 40.7 Å². The Kier molecular flexibility index (Phi) is 6.85. The van der Waals surface area contributed by atoms with Gasteiger partial charge >= 0.3 is 0 Å². The SMILES string of the molecule is CN(C(=O)c1cc(C(C)(C)C)c(O)c(C(C)(C)C)c1)C(c1ccc(Cl)cc1)c1cnccn1. The summed E-state index contributed by atoms with van der Waals surface area (Å²) < 4.78 is 0. The predicted molar refractivity (Wildman–Crippen MR) is 133 cm³/mol. The van der Waals surface area contributed by atoms with Crippen LogP contribution in [0.5, 0.6) is 5.75 Å². The minimum Gasteiger partial charge on any atom is -0.507 e. The standard InChI is InChI=1S/C27H32ClN3O2/c1-26(2,3)20-14-18(15-21(24(20)32)27(4,5)6)25(33)31(7)23(22-16-29-12-13-30-22)17-8-10-19(28)11-9-17/h8-16,23,32H,1-7H3. The number of hydrogen-bond acceptors (Lipinski definition) is 4. The van der Waals surface area contributed by atoms with Crippen molar-refractivity contribution in [1.29, 1.82) is 0 Å². The lowest BCUT2D eigenvalue weighted by Crippen LogP contribution is -2.33. The zero-order chi connectivity index (χ0) is 24.6. The van der Waals surface area contributed by atoms with Crippen molar-refractivity contribution in [3.63, 3.8) is 0 Å². The van der Waals surface area contributed by atoms with Crippen molar-refractivity contribution in [3.8, 4) is 5.75 Å². The topological polar surface area (TPSA) is 66.3 Å². The molecule has 0 aliphatic rings. The number of phenolic OH excluding ortho intramolecular Hbond substituents is 1. The average Bonchev–Trinajstić information content (AvgIpc) is 2.74. The summed E-state index contributed by atoms with van der Waals surface area (Å²) in [5.41, 5.74) is 2.87. The van der Waals surface area contributed by atoms with E-state index in [0.717, 1.165) is 16.7 Å². The maximum Gasteiger partial charge on any atom is 0.254 e. The Labute approximate surface area is 201 Å². The first-order valence-electron chi connectivity index (χ1n) is 11.0. The van der Waals surface area contributed by atoms with Crippen LogP contribution in [0.25, 0.3) is 0 Å². The van der Waals surface area contributed by atoms with E-state index in [1.165, 1.54) is 0 Å². The number of rotatable bonds is 4. The van der Waals surface area contributed by atoms with Gasteiger partial charge in [0.15, 0.2) is 0 Å². The third-order valence-corrected chi connectivity index (χ3v) is 5.98. The van der Waals surface area contributed by atoms with Crippen LogP contribution in [0.2, 0.25) is 5.02 Å². The molecular formula is C27H32ClN3O2. The lowest BCUT2D eigenvalue weighted by molar-refractivity contribution is 0.0752. The quantitative estimate of drug-likeness (QED) is 0.491. The highest BCUT2D eigenvalue weighted by molar-refractivity contribution is 6.30. The average molecular weight is 466 g/mol. The van der Waals surface area contributed by atoms with E-state index in [1.807, 2.05) is 53.7 Å². The van der Waals surface area contributed by atoms with Crippen molar-refractivity contribution < 1.29 is 9.90 Å². The number of carbonyl (C=O) groups is 1. The summed E-state index contributed by atoms with van der Waals surface area (Å²) in [7, 11) is 1.76. The number of halogens is 1. The molecule has 0 radical (unpaired) electrons. The van der Waals surface area contributed by atoms with Gasteiger partial charge in [-0.2, -0.15) is 0 Å². The molecule has 1 amide bonds. The number of benzene rings is 2. The first kappa shape index (κ1) is 24.7. The highest BCUT2D eigenvalue weighted by Gasteiger charge is 2.31. The summed E-state index contributed by atoms with van der Waals surface area (Å²) in [4.78, 5) is 24.2. The van der Waals surface area contributed by atoms with E-state index < -0.39 is 6.04 Å². The second-order valence-corrected chi connectivity index (χ2v) is 10.9. The van der Waals surface area contributed by atoms with E-state index in [9.17, 15) is 9.90 Å². The van der Waals surface area contributed by atoms with Gasteiger partial charge in [-0.15, -0.1) is 0 Å². The second kappa shape index (κ2) is 9.14. The van der Waals surface area contributed by atoms with E-state index in [4.69, 9.17) is 11.6 Å². The molecule has 0 aliphatic heterocycles. The van der Waals surface area contributed by atoms with Crippen LogP contribution in [0.15, 0.2) is 55.0 Å². The minimum absolute atomic E-state index is 0.170. The number of amides is 1. The van der Waals surface area contributed by atoms with Gasteiger partial charge in [0.1, 0.15) is 11.8 Å². The fourth-order valence-electron chi connectivity index (χ4n) is 3.91. The highest BCUT2D eigenvalue weighted by atomic mass is 35.5. The van der Waals surface area contributed by atoms with Gasteiger partial charge in [-0.1, -0.05) is 65.3 Å². The summed E-state index contributed by atoms with van der Waals surface area (Å²) in [6, 6.07) is 10.5. The maximum atomic E-state index is 13.8. The molecular weight excluding hydrogens is 434 g/mol. The van der Waals surface area contributed by atoms with Crippen molar-refractivity contribution >= 4 is 17.5 Å².